The number of unbranched alkanes of at least 4 members (excludes halogenated alkanes) is 1. The summed E-state index contributed by atoms with van der Waals surface area (Å²) >= 11 is 3.76. The van der Waals surface area contributed by atoms with Crippen LogP contribution in [0.5, 0.6) is 0 Å². The average Bonchev–Trinajstić information content (AvgIpc) is 1.87. The van der Waals surface area contributed by atoms with E-state index in [0.29, 0.717) is 6.42 Å². The molecule has 6 heteroatoms. The Bertz CT molecular complexity index is 187. The highest BCUT2D eigenvalue weighted by atomic mass is 33.1. The standard InChI is InChI=1S/C5H12O3S3/c1-2-3-4-5(10-9)11(6,7)8/h5,9H,2-4H2,1H3,(H,6,7,8). The molecule has 68 valence electrons. The summed E-state index contributed by atoms with van der Waals surface area (Å²) in [6.07, 6.45) is 2.17. The fourth-order valence-electron chi connectivity index (χ4n) is 0.627. The molecule has 0 aliphatic heterocycles. The number of hydrogen-bond acceptors (Lipinski definition) is 4. The summed E-state index contributed by atoms with van der Waals surface area (Å²) in [4.78, 5) is 0. The molecule has 0 saturated carbocycles. The lowest BCUT2D eigenvalue weighted by Gasteiger charge is -2.08. The second-order valence-corrected chi connectivity index (χ2v) is 5.50. The summed E-state index contributed by atoms with van der Waals surface area (Å²) in [5, 5.41) is 0. The van der Waals surface area contributed by atoms with E-state index in [1.54, 1.807) is 0 Å². The molecule has 0 aromatic rings. The molecule has 0 rings (SSSR count). The highest BCUT2D eigenvalue weighted by Gasteiger charge is 2.21. The molecule has 3 nitrogen and oxygen atoms in total. The van der Waals surface area contributed by atoms with Crippen molar-refractivity contribution in [2.24, 2.45) is 0 Å². The normalized spacial score (nSPS) is 14.8. The van der Waals surface area contributed by atoms with Gasteiger partial charge in [0.05, 0.1) is 0 Å². The lowest BCUT2D eigenvalue weighted by Crippen LogP contribution is -2.14. The summed E-state index contributed by atoms with van der Waals surface area (Å²) in [6.45, 7) is 1.96. The number of rotatable bonds is 5. The van der Waals surface area contributed by atoms with Crippen molar-refractivity contribution in [3.63, 3.8) is 0 Å². The van der Waals surface area contributed by atoms with Crippen LogP contribution < -0.4 is 0 Å². The third-order valence-electron chi connectivity index (χ3n) is 1.24. The van der Waals surface area contributed by atoms with E-state index in [-0.39, 0.29) is 0 Å². The van der Waals surface area contributed by atoms with E-state index in [2.05, 4.69) is 11.7 Å². The molecule has 0 spiro atoms. The Morgan fingerprint density at radius 3 is 2.45 bits per heavy atom. The van der Waals surface area contributed by atoms with Crippen LogP contribution in [0.25, 0.3) is 0 Å². The number of hydrogen-bond donors (Lipinski definition) is 2. The third-order valence-corrected chi connectivity index (χ3v) is 4.82. The molecule has 0 radical (unpaired) electrons. The maximum absolute atomic E-state index is 10.6. The fraction of sp³-hybridized carbons (Fsp3) is 1.00. The van der Waals surface area contributed by atoms with Crippen molar-refractivity contribution in [2.75, 3.05) is 0 Å². The van der Waals surface area contributed by atoms with Crippen LogP contribution in [-0.2, 0) is 10.1 Å². The second-order valence-electron chi connectivity index (χ2n) is 2.19. The van der Waals surface area contributed by atoms with Crippen molar-refractivity contribution in [1.29, 1.82) is 0 Å². The van der Waals surface area contributed by atoms with E-state index < -0.39 is 14.7 Å². The Kier molecular flexibility index (Phi) is 5.58. The SMILES string of the molecule is CCCCC(SS)S(=O)(=O)O. The molecule has 0 aromatic heterocycles. The Hall–Kier alpha value is 0.610. The molecule has 0 bridgehead atoms. The van der Waals surface area contributed by atoms with E-state index >= 15 is 0 Å². The van der Waals surface area contributed by atoms with Crippen LogP contribution in [0.1, 0.15) is 26.2 Å². The maximum atomic E-state index is 10.6. The van der Waals surface area contributed by atoms with E-state index in [9.17, 15) is 8.42 Å². The van der Waals surface area contributed by atoms with Crippen LogP contribution in [-0.4, -0.2) is 17.6 Å². The highest BCUT2D eigenvalue weighted by molar-refractivity contribution is 8.70. The van der Waals surface area contributed by atoms with Crippen LogP contribution in [0.15, 0.2) is 0 Å². The first-order valence-electron chi connectivity index (χ1n) is 3.29. The molecule has 1 atom stereocenters. The lowest BCUT2D eigenvalue weighted by atomic mass is 10.3. The minimum Gasteiger partial charge on any atom is -0.285 e. The minimum atomic E-state index is -3.90. The van der Waals surface area contributed by atoms with Crippen molar-refractivity contribution in [3.05, 3.63) is 0 Å². The molecule has 0 amide bonds. The molecule has 11 heavy (non-hydrogen) atoms. The number of thiol groups is 1. The van der Waals surface area contributed by atoms with Gasteiger partial charge in [0.15, 0.2) is 0 Å². The maximum Gasteiger partial charge on any atom is 0.278 e. The Labute approximate surface area is 76.5 Å². The molecule has 0 aliphatic rings. The molecule has 1 N–H and O–H groups in total. The Morgan fingerprint density at radius 1 is 1.64 bits per heavy atom. The van der Waals surface area contributed by atoms with Crippen LogP contribution in [0.3, 0.4) is 0 Å². The lowest BCUT2D eigenvalue weighted by molar-refractivity contribution is 0.476. The molecule has 0 saturated heterocycles. The molecule has 0 fully saturated rings. The first-order chi connectivity index (χ1) is 5.02. The average molecular weight is 216 g/mol. The fourth-order valence-corrected chi connectivity index (χ4v) is 3.09. The molecular weight excluding hydrogens is 204 g/mol. The van der Waals surface area contributed by atoms with Gasteiger partial charge in [-0.15, -0.1) is 11.7 Å². The van der Waals surface area contributed by atoms with Crippen molar-refractivity contribution in [1.82, 2.24) is 0 Å². The summed E-state index contributed by atoms with van der Waals surface area (Å²) in [7, 11) is -3.03. The van der Waals surface area contributed by atoms with Crippen LogP contribution in [0, 0.1) is 0 Å². The van der Waals surface area contributed by atoms with Gasteiger partial charge < -0.3 is 0 Å². The molecule has 0 heterocycles. The van der Waals surface area contributed by atoms with Crippen LogP contribution in [0.4, 0.5) is 0 Å². The van der Waals surface area contributed by atoms with Gasteiger partial charge in [0, 0.05) is 0 Å². The molecule has 0 aliphatic carbocycles. The van der Waals surface area contributed by atoms with Crippen molar-refractivity contribution >= 4 is 32.6 Å². The van der Waals surface area contributed by atoms with Gasteiger partial charge in [-0.05, 0) is 6.42 Å². The van der Waals surface area contributed by atoms with E-state index in [4.69, 9.17) is 4.55 Å². The van der Waals surface area contributed by atoms with Crippen molar-refractivity contribution in [3.8, 4) is 0 Å². The highest BCUT2D eigenvalue weighted by Crippen LogP contribution is 2.24. The van der Waals surface area contributed by atoms with Gasteiger partial charge in [0.25, 0.3) is 10.1 Å². The zero-order chi connectivity index (χ0) is 8.91. The monoisotopic (exact) mass is 216 g/mol. The first kappa shape index (κ1) is 11.6. The first-order valence-corrected chi connectivity index (χ1v) is 6.72. The van der Waals surface area contributed by atoms with E-state index in [1.165, 1.54) is 0 Å². The van der Waals surface area contributed by atoms with Gasteiger partial charge in [-0.1, -0.05) is 30.6 Å². The minimum absolute atomic E-state index is 0.462. The van der Waals surface area contributed by atoms with Gasteiger partial charge in [-0.2, -0.15) is 8.42 Å². The predicted octanol–water partition coefficient (Wildman–Crippen LogP) is 1.97. The van der Waals surface area contributed by atoms with Crippen molar-refractivity contribution < 1.29 is 13.0 Å². The van der Waals surface area contributed by atoms with Crippen LogP contribution in [0.2, 0.25) is 0 Å². The van der Waals surface area contributed by atoms with Gasteiger partial charge >= 0.3 is 0 Å². The molecule has 1 unspecified atom stereocenters. The summed E-state index contributed by atoms with van der Waals surface area (Å²) in [6, 6.07) is 0. The van der Waals surface area contributed by atoms with Gasteiger partial charge in [-0.3, -0.25) is 4.55 Å². The van der Waals surface area contributed by atoms with Crippen LogP contribution >= 0.6 is 22.5 Å². The zero-order valence-corrected chi connectivity index (χ0v) is 8.75. The van der Waals surface area contributed by atoms with Gasteiger partial charge in [-0.25, -0.2) is 0 Å². The smallest absolute Gasteiger partial charge is 0.278 e. The summed E-state index contributed by atoms with van der Waals surface area (Å²) < 4.78 is 28.9. The van der Waals surface area contributed by atoms with Gasteiger partial charge in [0.1, 0.15) is 4.58 Å². The van der Waals surface area contributed by atoms with Crippen molar-refractivity contribution in [2.45, 2.75) is 30.8 Å². The van der Waals surface area contributed by atoms with Gasteiger partial charge in [0.2, 0.25) is 0 Å². The Morgan fingerprint density at radius 2 is 2.18 bits per heavy atom. The summed E-state index contributed by atoms with van der Waals surface area (Å²) in [5.41, 5.74) is 0. The van der Waals surface area contributed by atoms with E-state index in [1.807, 2.05) is 6.92 Å². The quantitative estimate of drug-likeness (QED) is 0.419. The molecular formula is C5H12O3S3. The largest absolute Gasteiger partial charge is 0.285 e. The third kappa shape index (κ3) is 4.95. The van der Waals surface area contributed by atoms with E-state index in [0.717, 1.165) is 23.6 Å². The predicted molar refractivity (Wildman–Crippen MR) is 51.4 cm³/mol. The Balaban J connectivity index is 3.97. The summed E-state index contributed by atoms with van der Waals surface area (Å²) in [5.74, 6) is 0. The zero-order valence-electron chi connectivity index (χ0n) is 6.23. The second kappa shape index (κ2) is 5.29. The molecule has 0 aromatic carbocycles. The topological polar surface area (TPSA) is 54.4 Å².